The van der Waals surface area contributed by atoms with Crippen molar-refractivity contribution >= 4 is 27.8 Å². The molecule has 0 radical (unpaired) electrons. The molecule has 6 nitrogen and oxygen atoms in total. The molecule has 160 valence electrons. The predicted molar refractivity (Wildman–Crippen MR) is 117 cm³/mol. The Bertz CT molecular complexity index is 1320. The highest BCUT2D eigenvalue weighted by molar-refractivity contribution is 5.83. The van der Waals surface area contributed by atoms with Crippen LogP contribution in [0.4, 0.5) is 4.39 Å². The highest BCUT2D eigenvalue weighted by Crippen LogP contribution is 2.28. The molecule has 0 aliphatic heterocycles. The zero-order chi connectivity index (χ0) is 22.0. The molecule has 4 aromatic rings. The van der Waals surface area contributed by atoms with E-state index in [0.29, 0.717) is 37.3 Å². The number of methoxy groups -OCH3 is 1. The lowest BCUT2D eigenvalue weighted by atomic mass is 10.0. The van der Waals surface area contributed by atoms with E-state index in [4.69, 9.17) is 9.15 Å². The number of hydrogen-bond acceptors (Lipinski definition) is 4. The predicted octanol–water partition coefficient (Wildman–Crippen LogP) is 3.95. The van der Waals surface area contributed by atoms with Gasteiger partial charge in [0.15, 0.2) is 0 Å². The summed E-state index contributed by atoms with van der Waals surface area (Å²) in [5, 5.41) is 4.69. The Kier molecular flexibility index (Phi) is 5.75. The Morgan fingerprint density at radius 3 is 2.84 bits per heavy atom. The Hall–Kier alpha value is -3.61. The van der Waals surface area contributed by atoms with Gasteiger partial charge in [0.05, 0.1) is 12.6 Å². The SMILES string of the molecule is COc1cc2oc(=O)cc(C)c2cc1CCC(=O)NCCn1ccc2ccc(F)cc21. The summed E-state index contributed by atoms with van der Waals surface area (Å²) in [6.45, 7) is 2.84. The van der Waals surface area contributed by atoms with Gasteiger partial charge in [0.2, 0.25) is 5.91 Å². The van der Waals surface area contributed by atoms with E-state index >= 15 is 0 Å². The highest BCUT2D eigenvalue weighted by atomic mass is 19.1. The lowest BCUT2D eigenvalue weighted by molar-refractivity contribution is -0.121. The first kappa shape index (κ1) is 20.7. The molecule has 2 aromatic heterocycles. The van der Waals surface area contributed by atoms with Gasteiger partial charge in [-0.05, 0) is 60.2 Å². The van der Waals surface area contributed by atoms with Crippen molar-refractivity contribution in [1.82, 2.24) is 9.88 Å². The smallest absolute Gasteiger partial charge is 0.336 e. The second kappa shape index (κ2) is 8.63. The van der Waals surface area contributed by atoms with Gasteiger partial charge >= 0.3 is 5.63 Å². The number of amides is 1. The van der Waals surface area contributed by atoms with E-state index in [1.807, 2.05) is 29.8 Å². The minimum absolute atomic E-state index is 0.0823. The van der Waals surface area contributed by atoms with E-state index in [1.165, 1.54) is 18.2 Å². The van der Waals surface area contributed by atoms with E-state index in [1.54, 1.807) is 19.2 Å². The second-order valence-electron chi connectivity index (χ2n) is 7.47. The minimum atomic E-state index is -0.405. The lowest BCUT2D eigenvalue weighted by Gasteiger charge is -2.11. The molecule has 2 aromatic carbocycles. The molecule has 0 saturated heterocycles. The Morgan fingerprint density at radius 2 is 2.03 bits per heavy atom. The number of hydrogen-bond donors (Lipinski definition) is 1. The molecule has 2 heterocycles. The monoisotopic (exact) mass is 422 g/mol. The average Bonchev–Trinajstić information content (AvgIpc) is 3.13. The molecule has 0 saturated carbocycles. The fourth-order valence-corrected chi connectivity index (χ4v) is 3.78. The number of aryl methyl sites for hydroxylation is 2. The fourth-order valence-electron chi connectivity index (χ4n) is 3.78. The Labute approximate surface area is 178 Å². The third kappa shape index (κ3) is 4.45. The summed E-state index contributed by atoms with van der Waals surface area (Å²) in [6.07, 6.45) is 2.66. The number of nitrogens with one attached hydrogen (secondary N) is 1. The van der Waals surface area contributed by atoms with Crippen LogP contribution in [0.25, 0.3) is 21.9 Å². The van der Waals surface area contributed by atoms with Crippen molar-refractivity contribution in [2.75, 3.05) is 13.7 Å². The molecule has 1 amide bonds. The molecule has 0 spiro atoms. The summed E-state index contributed by atoms with van der Waals surface area (Å²) in [6, 6.07) is 11.6. The van der Waals surface area contributed by atoms with Crippen LogP contribution in [0, 0.1) is 12.7 Å². The summed E-state index contributed by atoms with van der Waals surface area (Å²) in [4.78, 5) is 24.0. The number of ether oxygens (including phenoxy) is 1. The van der Waals surface area contributed by atoms with E-state index in [2.05, 4.69) is 5.32 Å². The first-order chi connectivity index (χ1) is 14.9. The molecule has 0 bridgehead atoms. The zero-order valence-corrected chi connectivity index (χ0v) is 17.4. The van der Waals surface area contributed by atoms with Crippen molar-refractivity contribution in [3.8, 4) is 5.75 Å². The normalized spacial score (nSPS) is 11.2. The zero-order valence-electron chi connectivity index (χ0n) is 17.4. The molecule has 0 unspecified atom stereocenters. The van der Waals surface area contributed by atoms with Crippen LogP contribution >= 0.6 is 0 Å². The molecule has 0 aliphatic rings. The summed E-state index contributed by atoms with van der Waals surface area (Å²) in [7, 11) is 1.54. The van der Waals surface area contributed by atoms with Crippen LogP contribution in [0.5, 0.6) is 5.75 Å². The van der Waals surface area contributed by atoms with Crippen molar-refractivity contribution in [3.63, 3.8) is 0 Å². The summed E-state index contributed by atoms with van der Waals surface area (Å²) < 4.78 is 26.1. The van der Waals surface area contributed by atoms with Crippen LogP contribution in [-0.2, 0) is 17.8 Å². The van der Waals surface area contributed by atoms with Gasteiger partial charge in [-0.15, -0.1) is 0 Å². The second-order valence-corrected chi connectivity index (χ2v) is 7.47. The third-order valence-corrected chi connectivity index (χ3v) is 5.38. The van der Waals surface area contributed by atoms with Gasteiger partial charge in [0.25, 0.3) is 0 Å². The summed E-state index contributed by atoms with van der Waals surface area (Å²) >= 11 is 0. The van der Waals surface area contributed by atoms with Gasteiger partial charge in [0.1, 0.15) is 17.1 Å². The topological polar surface area (TPSA) is 73.5 Å². The molecule has 0 atom stereocenters. The number of benzene rings is 2. The maximum atomic E-state index is 13.5. The first-order valence-electron chi connectivity index (χ1n) is 10.1. The van der Waals surface area contributed by atoms with Crippen molar-refractivity contribution < 1.29 is 18.3 Å². The fraction of sp³-hybridized carbons (Fsp3) is 0.250. The van der Waals surface area contributed by atoms with Crippen LogP contribution < -0.4 is 15.7 Å². The van der Waals surface area contributed by atoms with Crippen molar-refractivity contribution in [1.29, 1.82) is 0 Å². The molecule has 0 aliphatic carbocycles. The summed E-state index contributed by atoms with van der Waals surface area (Å²) in [5.41, 5.74) is 2.55. The molecular formula is C24H23FN2O4. The largest absolute Gasteiger partial charge is 0.496 e. The van der Waals surface area contributed by atoms with Gasteiger partial charge in [-0.3, -0.25) is 4.79 Å². The Morgan fingerprint density at radius 1 is 1.19 bits per heavy atom. The number of rotatable bonds is 7. The quantitative estimate of drug-likeness (QED) is 0.458. The molecular weight excluding hydrogens is 399 g/mol. The van der Waals surface area contributed by atoms with Crippen LogP contribution in [-0.4, -0.2) is 24.1 Å². The van der Waals surface area contributed by atoms with Crippen LogP contribution in [0.2, 0.25) is 0 Å². The highest BCUT2D eigenvalue weighted by Gasteiger charge is 2.12. The average molecular weight is 422 g/mol. The number of fused-ring (bicyclic) bond motifs is 2. The molecule has 7 heteroatoms. The van der Waals surface area contributed by atoms with Crippen molar-refractivity contribution in [2.45, 2.75) is 26.3 Å². The van der Waals surface area contributed by atoms with E-state index in [9.17, 15) is 14.0 Å². The number of carbonyl (C=O) groups is 1. The van der Waals surface area contributed by atoms with Crippen LogP contribution in [0.1, 0.15) is 17.5 Å². The first-order valence-corrected chi connectivity index (χ1v) is 10.1. The Balaban J connectivity index is 1.38. The lowest BCUT2D eigenvalue weighted by Crippen LogP contribution is -2.27. The molecule has 4 rings (SSSR count). The number of nitrogens with zero attached hydrogens (tertiary/aromatic N) is 1. The minimum Gasteiger partial charge on any atom is -0.496 e. The number of carbonyl (C=O) groups excluding carboxylic acids is 1. The standard InChI is InChI=1S/C24H23FN2O4/c1-15-11-24(29)31-22-14-21(30-2)17(12-19(15)22)4-6-23(28)26-8-10-27-9-7-16-3-5-18(25)13-20(16)27/h3,5,7,9,11-14H,4,6,8,10H2,1-2H3,(H,26,28). The van der Waals surface area contributed by atoms with Crippen LogP contribution in [0.15, 0.2) is 57.9 Å². The maximum Gasteiger partial charge on any atom is 0.336 e. The van der Waals surface area contributed by atoms with E-state index < -0.39 is 5.63 Å². The summed E-state index contributed by atoms with van der Waals surface area (Å²) in [5.74, 6) is 0.214. The van der Waals surface area contributed by atoms with Gasteiger partial charge in [-0.1, -0.05) is 0 Å². The number of halogens is 1. The maximum absolute atomic E-state index is 13.5. The van der Waals surface area contributed by atoms with Gasteiger partial charge in [0, 0.05) is 43.2 Å². The van der Waals surface area contributed by atoms with Gasteiger partial charge in [-0.25, -0.2) is 9.18 Å². The van der Waals surface area contributed by atoms with Gasteiger partial charge in [-0.2, -0.15) is 0 Å². The van der Waals surface area contributed by atoms with E-state index in [0.717, 1.165) is 27.4 Å². The molecule has 31 heavy (non-hydrogen) atoms. The molecule has 1 N–H and O–H groups in total. The van der Waals surface area contributed by atoms with E-state index in [-0.39, 0.29) is 11.7 Å². The molecule has 0 fully saturated rings. The van der Waals surface area contributed by atoms with Crippen LogP contribution in [0.3, 0.4) is 0 Å². The van der Waals surface area contributed by atoms with Crippen molar-refractivity contribution in [2.24, 2.45) is 0 Å². The van der Waals surface area contributed by atoms with Gasteiger partial charge < -0.3 is 19.0 Å². The third-order valence-electron chi connectivity index (χ3n) is 5.38. The van der Waals surface area contributed by atoms with Crippen molar-refractivity contribution in [3.05, 3.63) is 76.0 Å². The number of aromatic nitrogens is 1.